The van der Waals surface area contributed by atoms with Crippen molar-refractivity contribution in [3.8, 4) is 0 Å². The van der Waals surface area contributed by atoms with Crippen molar-refractivity contribution in [2.45, 2.75) is 70.7 Å². The van der Waals surface area contributed by atoms with Gasteiger partial charge in [-0.25, -0.2) is 4.79 Å². The Hall–Kier alpha value is -1.97. The average molecular weight is 510 g/mol. The number of rotatable bonds is 8. The zero-order valence-electron chi connectivity index (χ0n) is 21.0. The van der Waals surface area contributed by atoms with E-state index in [4.69, 9.17) is 13.7 Å². The van der Waals surface area contributed by atoms with E-state index < -0.39 is 45.5 Å². The van der Waals surface area contributed by atoms with Crippen molar-refractivity contribution in [3.05, 3.63) is 62.9 Å². The predicted octanol–water partition coefficient (Wildman–Crippen LogP) is 4.47. The van der Waals surface area contributed by atoms with Crippen molar-refractivity contribution in [2.75, 3.05) is 18.4 Å². The van der Waals surface area contributed by atoms with Gasteiger partial charge in [0.05, 0.1) is 12.7 Å². The van der Waals surface area contributed by atoms with E-state index in [1.54, 1.807) is 6.92 Å². The summed E-state index contributed by atoms with van der Waals surface area (Å²) in [5, 5.41) is 2.98. The Bertz CT molecular complexity index is 1160. The number of H-pyrrole nitrogens is 1. The lowest BCUT2D eigenvalue weighted by molar-refractivity contribution is -0.0391. The fourth-order valence-electron chi connectivity index (χ4n) is 3.47. The number of hydrogen-bond acceptors (Lipinski definition) is 6. The molecule has 0 aliphatic carbocycles. The molecule has 188 valence electrons. The highest BCUT2D eigenvalue weighted by Gasteiger charge is 2.43. The Labute approximate surface area is 201 Å². The van der Waals surface area contributed by atoms with Gasteiger partial charge in [0.15, 0.2) is 8.32 Å². The summed E-state index contributed by atoms with van der Waals surface area (Å²) in [7, 11) is -5.35. The molecule has 0 bridgehead atoms. The van der Waals surface area contributed by atoms with Gasteiger partial charge >= 0.3 is 5.69 Å². The molecule has 0 spiro atoms. The molecule has 2 heterocycles. The maximum Gasteiger partial charge on any atom is 0.330 e. The van der Waals surface area contributed by atoms with Crippen LogP contribution in [0.4, 0.5) is 5.69 Å². The third-order valence-electron chi connectivity index (χ3n) is 6.49. The zero-order valence-corrected chi connectivity index (χ0v) is 22.8. The van der Waals surface area contributed by atoms with E-state index in [-0.39, 0.29) is 18.1 Å². The van der Waals surface area contributed by atoms with Crippen LogP contribution in [-0.2, 0) is 18.3 Å². The number of nitrogens with one attached hydrogen (secondary N) is 2. The summed E-state index contributed by atoms with van der Waals surface area (Å²) in [6, 6.07) is 9.19. The van der Waals surface area contributed by atoms with Crippen LogP contribution >= 0.6 is 7.52 Å². The number of para-hydroxylation sites is 1. The number of aromatic nitrogens is 2. The molecule has 11 heteroatoms. The van der Waals surface area contributed by atoms with Crippen molar-refractivity contribution >= 4 is 21.5 Å². The second kappa shape index (κ2) is 9.95. The Morgan fingerprint density at radius 1 is 1.24 bits per heavy atom. The minimum atomic E-state index is -3.26. The number of benzene rings is 1. The molecular formula is C23H36N3O6PSi. The van der Waals surface area contributed by atoms with Crippen molar-refractivity contribution in [1.29, 1.82) is 0 Å². The van der Waals surface area contributed by atoms with Crippen LogP contribution in [-0.4, -0.2) is 43.3 Å². The first-order valence-electron chi connectivity index (χ1n) is 11.4. The fraction of sp³-hybridized carbons (Fsp3) is 0.565. The molecule has 3 rings (SSSR count). The van der Waals surface area contributed by atoms with Gasteiger partial charge < -0.3 is 18.8 Å². The maximum atomic E-state index is 13.3. The van der Waals surface area contributed by atoms with Gasteiger partial charge in [-0.15, -0.1) is 0 Å². The molecule has 0 saturated carbocycles. The molecular weight excluding hydrogens is 473 g/mol. The number of aromatic amines is 1. The van der Waals surface area contributed by atoms with Gasteiger partial charge in [-0.2, -0.15) is 0 Å². The molecule has 34 heavy (non-hydrogen) atoms. The monoisotopic (exact) mass is 509 g/mol. The molecule has 1 unspecified atom stereocenters. The molecule has 4 atom stereocenters. The number of anilines is 1. The van der Waals surface area contributed by atoms with E-state index in [0.29, 0.717) is 11.3 Å². The summed E-state index contributed by atoms with van der Waals surface area (Å²) in [4.78, 5) is 26.6. The van der Waals surface area contributed by atoms with Gasteiger partial charge in [-0.3, -0.25) is 18.9 Å². The largest absolute Gasteiger partial charge is 0.414 e. The normalized spacial score (nSPS) is 23.0. The van der Waals surface area contributed by atoms with Gasteiger partial charge in [0.2, 0.25) is 0 Å². The fourth-order valence-corrected chi connectivity index (χ4v) is 5.89. The average Bonchev–Trinajstić information content (AvgIpc) is 3.10. The number of aryl methyl sites for hydroxylation is 1. The van der Waals surface area contributed by atoms with Crippen LogP contribution in [0.15, 0.2) is 46.1 Å². The molecule has 1 fully saturated rings. The maximum absolute atomic E-state index is 13.3. The van der Waals surface area contributed by atoms with Gasteiger partial charge in [-0.1, -0.05) is 39.0 Å². The molecule has 2 aromatic rings. The van der Waals surface area contributed by atoms with E-state index in [1.165, 1.54) is 17.4 Å². The lowest BCUT2D eigenvalue weighted by atomic mass is 10.2. The second-order valence-electron chi connectivity index (χ2n) is 10.4. The van der Waals surface area contributed by atoms with Crippen LogP contribution in [0.1, 0.15) is 39.0 Å². The standard InChI is InChI=1S/C23H36N3O6PSi/c1-16-14-26(22(28)24-21(16)27)20-13-18(19(31-20)15-30-34(6,7)23(2,3)4)32-33(5,29)25-17-11-9-8-10-12-17/h8-12,14,18-20H,13,15H2,1-7H3,(H,25,29)(H,24,27,28)/t18-,19+,20+,33?/m0/s1. The predicted molar refractivity (Wildman–Crippen MR) is 136 cm³/mol. The molecule has 1 aromatic carbocycles. The molecule has 9 nitrogen and oxygen atoms in total. The Morgan fingerprint density at radius 2 is 1.88 bits per heavy atom. The highest BCUT2D eigenvalue weighted by molar-refractivity contribution is 7.59. The van der Waals surface area contributed by atoms with Crippen molar-refractivity contribution in [2.24, 2.45) is 0 Å². The van der Waals surface area contributed by atoms with Crippen molar-refractivity contribution < 1.29 is 18.3 Å². The molecule has 2 N–H and O–H groups in total. The number of nitrogens with zero attached hydrogens (tertiary/aromatic N) is 1. The minimum Gasteiger partial charge on any atom is -0.414 e. The van der Waals surface area contributed by atoms with Crippen molar-refractivity contribution in [1.82, 2.24) is 9.55 Å². The van der Waals surface area contributed by atoms with Crippen LogP contribution < -0.4 is 16.3 Å². The Kier molecular flexibility index (Phi) is 7.79. The van der Waals surface area contributed by atoms with Gasteiger partial charge in [0.1, 0.15) is 12.3 Å². The van der Waals surface area contributed by atoms with Gasteiger partial charge in [-0.05, 0) is 37.2 Å². The molecule has 0 radical (unpaired) electrons. The third kappa shape index (κ3) is 6.37. The van der Waals surface area contributed by atoms with E-state index in [9.17, 15) is 14.2 Å². The van der Waals surface area contributed by atoms with Gasteiger partial charge in [0.25, 0.3) is 13.1 Å². The Balaban J connectivity index is 1.84. The van der Waals surface area contributed by atoms with E-state index >= 15 is 0 Å². The van der Waals surface area contributed by atoms with E-state index in [1.807, 2.05) is 30.3 Å². The van der Waals surface area contributed by atoms with Crippen LogP contribution in [0.3, 0.4) is 0 Å². The molecule has 1 aliphatic heterocycles. The lowest BCUT2D eigenvalue weighted by Gasteiger charge is -2.37. The quantitative estimate of drug-likeness (QED) is 0.399. The van der Waals surface area contributed by atoms with Gasteiger partial charge in [0, 0.05) is 30.5 Å². The first-order chi connectivity index (χ1) is 15.7. The zero-order chi connectivity index (χ0) is 25.3. The molecule has 0 amide bonds. The Morgan fingerprint density at radius 3 is 2.50 bits per heavy atom. The topological polar surface area (TPSA) is 112 Å². The molecule has 1 aromatic heterocycles. The summed E-state index contributed by atoms with van der Waals surface area (Å²) >= 11 is 0. The smallest absolute Gasteiger partial charge is 0.330 e. The molecule has 1 aliphatic rings. The lowest BCUT2D eigenvalue weighted by Crippen LogP contribution is -2.44. The number of ether oxygens (including phenoxy) is 1. The van der Waals surface area contributed by atoms with Crippen LogP contribution in [0.25, 0.3) is 0 Å². The van der Waals surface area contributed by atoms with Crippen LogP contribution in [0, 0.1) is 6.92 Å². The first-order valence-corrected chi connectivity index (χ1v) is 16.4. The minimum absolute atomic E-state index is 0.00321. The number of hydrogen-bond donors (Lipinski definition) is 2. The highest BCUT2D eigenvalue weighted by Crippen LogP contribution is 2.48. The third-order valence-corrected chi connectivity index (χ3v) is 12.3. The molecule has 1 saturated heterocycles. The van der Waals surface area contributed by atoms with Crippen LogP contribution in [0.2, 0.25) is 18.1 Å². The summed E-state index contributed by atoms with van der Waals surface area (Å²) in [6.45, 7) is 14.1. The second-order valence-corrected chi connectivity index (χ2v) is 17.3. The van der Waals surface area contributed by atoms with E-state index in [2.05, 4.69) is 43.9 Å². The van der Waals surface area contributed by atoms with Crippen molar-refractivity contribution in [3.63, 3.8) is 0 Å². The summed E-state index contributed by atoms with van der Waals surface area (Å²) in [5.41, 5.74) is 0.0845. The summed E-state index contributed by atoms with van der Waals surface area (Å²) in [6.07, 6.45) is -0.0401. The van der Waals surface area contributed by atoms with E-state index in [0.717, 1.165) is 0 Å². The summed E-state index contributed by atoms with van der Waals surface area (Å²) < 4.78 is 33.3. The highest BCUT2D eigenvalue weighted by atomic mass is 31.2. The SMILES string of the molecule is Cc1cn([C@H]2C[C@H](OP(C)(=O)Nc3ccccc3)[C@@H](CO[Si](C)(C)C(C)(C)C)O2)c(=O)[nH]c1=O. The summed E-state index contributed by atoms with van der Waals surface area (Å²) in [5.74, 6) is 0. The first kappa shape index (κ1) is 26.6. The van der Waals surface area contributed by atoms with Crippen LogP contribution in [0.5, 0.6) is 0 Å².